The van der Waals surface area contributed by atoms with Gasteiger partial charge in [0.05, 0.1) is 24.8 Å². The van der Waals surface area contributed by atoms with Crippen molar-refractivity contribution in [1.82, 2.24) is 9.80 Å². The fourth-order valence-corrected chi connectivity index (χ4v) is 3.04. The summed E-state index contributed by atoms with van der Waals surface area (Å²) < 4.78 is 43.9. The number of amides is 1. The lowest BCUT2D eigenvalue weighted by atomic mass is 10.0. The van der Waals surface area contributed by atoms with Crippen molar-refractivity contribution in [2.75, 3.05) is 39.4 Å². The minimum Gasteiger partial charge on any atom is -0.379 e. The Balaban J connectivity index is 1.79. The molecule has 0 aliphatic carbocycles. The molecule has 1 aromatic rings. The number of benzene rings is 1. The summed E-state index contributed by atoms with van der Waals surface area (Å²) in [7, 11) is 0. The maximum Gasteiger partial charge on any atom is 0.416 e. The summed E-state index contributed by atoms with van der Waals surface area (Å²) in [4.78, 5) is 15.9. The zero-order chi connectivity index (χ0) is 17.3. The number of morpholine rings is 1. The number of nitrogens with zero attached hydrogens (tertiary/aromatic N) is 3. The topological polar surface area (TPSA) is 56.6 Å². The van der Waals surface area contributed by atoms with Gasteiger partial charge in [-0.15, -0.1) is 0 Å². The van der Waals surface area contributed by atoms with Crippen molar-refractivity contribution in [2.24, 2.45) is 0 Å². The number of ether oxygens (including phenoxy) is 1. The second-order valence-corrected chi connectivity index (χ2v) is 5.78. The Morgan fingerprint density at radius 1 is 1.25 bits per heavy atom. The van der Waals surface area contributed by atoms with Crippen LogP contribution in [0.4, 0.5) is 13.2 Å². The van der Waals surface area contributed by atoms with Crippen LogP contribution in [-0.2, 0) is 10.9 Å². The van der Waals surface area contributed by atoms with E-state index in [0.717, 1.165) is 25.2 Å². The van der Waals surface area contributed by atoms with Crippen LogP contribution in [0.25, 0.3) is 0 Å². The average Bonchev–Trinajstić information content (AvgIpc) is 2.84. The van der Waals surface area contributed by atoms with Crippen LogP contribution < -0.4 is 0 Å². The molecule has 2 heterocycles. The molecule has 0 spiro atoms. The lowest BCUT2D eigenvalue weighted by molar-refractivity contribution is -0.137. The zero-order valence-electron chi connectivity index (χ0n) is 12.8. The maximum atomic E-state index is 12.9. The van der Waals surface area contributed by atoms with Gasteiger partial charge in [0.1, 0.15) is 6.04 Å². The summed E-state index contributed by atoms with van der Waals surface area (Å²) in [6, 6.07) is 3.95. The van der Waals surface area contributed by atoms with E-state index in [0.29, 0.717) is 26.3 Å². The van der Waals surface area contributed by atoms with E-state index in [1.54, 1.807) is 0 Å². The Labute approximate surface area is 137 Å². The smallest absolute Gasteiger partial charge is 0.379 e. The molecule has 0 N–H and O–H groups in total. The molecule has 24 heavy (non-hydrogen) atoms. The molecule has 0 bridgehead atoms. The Kier molecular flexibility index (Phi) is 4.47. The Morgan fingerprint density at radius 3 is 2.58 bits per heavy atom. The molecule has 8 heteroatoms. The van der Waals surface area contributed by atoms with Gasteiger partial charge < -0.3 is 9.64 Å². The molecular formula is C16H16F3N3O2. The van der Waals surface area contributed by atoms with Crippen LogP contribution in [0.1, 0.15) is 27.5 Å². The monoisotopic (exact) mass is 339 g/mol. The standard InChI is InChI=1S/C16H16F3N3O2/c17-16(18,19)11-1-2-12-13(9-11)14(10-20)22(15(12)23)4-3-21-5-7-24-8-6-21/h1-2,9,14H,3-8H2. The van der Waals surface area contributed by atoms with Gasteiger partial charge in [-0.25, -0.2) is 0 Å². The van der Waals surface area contributed by atoms with E-state index in [9.17, 15) is 23.2 Å². The molecule has 0 radical (unpaired) electrons. The molecule has 1 atom stereocenters. The summed E-state index contributed by atoms with van der Waals surface area (Å²) in [6.07, 6.45) is -4.50. The number of carbonyl (C=O) groups excluding carboxylic acids is 1. The van der Waals surface area contributed by atoms with E-state index in [2.05, 4.69) is 4.90 Å². The highest BCUT2D eigenvalue weighted by atomic mass is 19.4. The molecule has 128 valence electrons. The molecule has 0 aromatic heterocycles. The average molecular weight is 339 g/mol. The summed E-state index contributed by atoms with van der Waals surface area (Å²) >= 11 is 0. The van der Waals surface area contributed by atoms with Crippen molar-refractivity contribution in [3.05, 3.63) is 34.9 Å². The highest BCUT2D eigenvalue weighted by Crippen LogP contribution is 2.37. The fourth-order valence-electron chi connectivity index (χ4n) is 3.04. The molecule has 1 unspecified atom stereocenters. The first-order valence-electron chi connectivity index (χ1n) is 7.63. The number of hydrogen-bond acceptors (Lipinski definition) is 4. The molecule has 2 aliphatic rings. The molecule has 1 aromatic carbocycles. The van der Waals surface area contributed by atoms with Gasteiger partial charge in [0.25, 0.3) is 5.91 Å². The highest BCUT2D eigenvalue weighted by molar-refractivity contribution is 5.99. The predicted octanol–water partition coefficient (Wildman–Crippen LogP) is 2.06. The van der Waals surface area contributed by atoms with Crippen molar-refractivity contribution in [2.45, 2.75) is 12.2 Å². The number of nitriles is 1. The minimum absolute atomic E-state index is 0.138. The van der Waals surface area contributed by atoms with Crippen LogP contribution in [0.5, 0.6) is 0 Å². The Morgan fingerprint density at radius 2 is 1.96 bits per heavy atom. The van der Waals surface area contributed by atoms with E-state index in [4.69, 9.17) is 4.74 Å². The van der Waals surface area contributed by atoms with Gasteiger partial charge >= 0.3 is 6.18 Å². The predicted molar refractivity (Wildman–Crippen MR) is 78.1 cm³/mol. The third kappa shape index (κ3) is 3.09. The van der Waals surface area contributed by atoms with Gasteiger partial charge in [-0.3, -0.25) is 9.69 Å². The van der Waals surface area contributed by atoms with Crippen LogP contribution in [-0.4, -0.2) is 55.1 Å². The third-order valence-corrected chi connectivity index (χ3v) is 4.36. The van der Waals surface area contributed by atoms with Crippen LogP contribution in [0.15, 0.2) is 18.2 Å². The first-order valence-corrected chi connectivity index (χ1v) is 7.63. The number of alkyl halides is 3. The van der Waals surface area contributed by atoms with E-state index in [1.807, 2.05) is 6.07 Å². The van der Waals surface area contributed by atoms with Crippen LogP contribution in [0, 0.1) is 11.3 Å². The Hall–Kier alpha value is -2.11. The molecular weight excluding hydrogens is 323 g/mol. The lowest BCUT2D eigenvalue weighted by Crippen LogP contribution is -2.42. The van der Waals surface area contributed by atoms with Crippen molar-refractivity contribution in [1.29, 1.82) is 5.26 Å². The molecule has 5 nitrogen and oxygen atoms in total. The SMILES string of the molecule is N#CC1c2cc(C(F)(F)F)ccc2C(=O)N1CCN1CCOCC1. The van der Waals surface area contributed by atoms with E-state index >= 15 is 0 Å². The molecule has 1 saturated heterocycles. The Bertz CT molecular complexity index is 678. The number of rotatable bonds is 3. The summed E-state index contributed by atoms with van der Waals surface area (Å²) in [5, 5.41) is 9.37. The first kappa shape index (κ1) is 16.7. The molecule has 0 saturated carbocycles. The van der Waals surface area contributed by atoms with Gasteiger partial charge in [-0.1, -0.05) is 0 Å². The second kappa shape index (κ2) is 6.42. The maximum absolute atomic E-state index is 12.9. The number of carbonyl (C=O) groups is 1. The highest BCUT2D eigenvalue weighted by Gasteiger charge is 2.39. The van der Waals surface area contributed by atoms with Crippen LogP contribution in [0.2, 0.25) is 0 Å². The lowest BCUT2D eigenvalue weighted by Gasteiger charge is -2.29. The zero-order valence-corrected chi connectivity index (χ0v) is 12.8. The van der Waals surface area contributed by atoms with Crippen LogP contribution >= 0.6 is 0 Å². The quantitative estimate of drug-likeness (QED) is 0.846. The number of halogens is 3. The molecule has 1 fully saturated rings. The van der Waals surface area contributed by atoms with Crippen LogP contribution in [0.3, 0.4) is 0 Å². The largest absolute Gasteiger partial charge is 0.416 e. The van der Waals surface area contributed by atoms with Crippen molar-refractivity contribution in [3.63, 3.8) is 0 Å². The van der Waals surface area contributed by atoms with Crippen molar-refractivity contribution >= 4 is 5.91 Å². The fraction of sp³-hybridized carbons (Fsp3) is 0.500. The van der Waals surface area contributed by atoms with Crippen molar-refractivity contribution < 1.29 is 22.7 Å². The number of hydrogen-bond donors (Lipinski definition) is 0. The van der Waals surface area contributed by atoms with E-state index < -0.39 is 23.7 Å². The third-order valence-electron chi connectivity index (χ3n) is 4.36. The van der Waals surface area contributed by atoms with Gasteiger partial charge in [-0.2, -0.15) is 18.4 Å². The van der Waals surface area contributed by atoms with Gasteiger partial charge in [-0.05, 0) is 18.2 Å². The second-order valence-electron chi connectivity index (χ2n) is 5.78. The summed E-state index contributed by atoms with van der Waals surface area (Å²) in [6.45, 7) is 3.57. The molecule has 3 rings (SSSR count). The summed E-state index contributed by atoms with van der Waals surface area (Å²) in [5.41, 5.74) is -0.528. The van der Waals surface area contributed by atoms with Crippen molar-refractivity contribution in [3.8, 4) is 6.07 Å². The van der Waals surface area contributed by atoms with E-state index in [1.165, 1.54) is 11.0 Å². The number of fused-ring (bicyclic) bond motifs is 1. The first-order chi connectivity index (χ1) is 11.4. The van der Waals surface area contributed by atoms with Gasteiger partial charge in [0, 0.05) is 37.3 Å². The molecule has 1 amide bonds. The minimum atomic E-state index is -4.50. The molecule has 2 aliphatic heterocycles. The van der Waals surface area contributed by atoms with Gasteiger partial charge in [0.15, 0.2) is 0 Å². The normalized spacial score (nSPS) is 21.7. The summed E-state index contributed by atoms with van der Waals surface area (Å²) in [5.74, 6) is -0.390. The van der Waals surface area contributed by atoms with E-state index in [-0.39, 0.29) is 11.1 Å². The van der Waals surface area contributed by atoms with Gasteiger partial charge in [0.2, 0.25) is 0 Å².